The summed E-state index contributed by atoms with van der Waals surface area (Å²) in [5.41, 5.74) is 2.11. The van der Waals surface area contributed by atoms with Crippen molar-refractivity contribution in [2.24, 2.45) is 7.05 Å². The minimum Gasteiger partial charge on any atom is -0.475 e. The van der Waals surface area contributed by atoms with Crippen LogP contribution in [0.25, 0.3) is 10.9 Å². The molecule has 3 aromatic rings. The maximum atomic E-state index is 14.0. The zero-order valence-corrected chi connectivity index (χ0v) is 24.9. The molecular formula is C29H39N3O6S. The fourth-order valence-electron chi connectivity index (χ4n) is 4.79. The van der Waals surface area contributed by atoms with Crippen molar-refractivity contribution in [1.29, 1.82) is 0 Å². The van der Waals surface area contributed by atoms with Gasteiger partial charge in [-0.1, -0.05) is 53.7 Å². The lowest BCUT2D eigenvalue weighted by Gasteiger charge is -2.24. The minimum atomic E-state index is -4.33. The molecule has 9 nitrogen and oxygen atoms in total. The van der Waals surface area contributed by atoms with Crippen molar-refractivity contribution in [3.63, 3.8) is 0 Å². The lowest BCUT2D eigenvalue weighted by Crippen LogP contribution is -2.29. The molecule has 10 heteroatoms. The van der Waals surface area contributed by atoms with E-state index >= 15 is 0 Å². The van der Waals surface area contributed by atoms with Crippen molar-refractivity contribution in [1.82, 2.24) is 14.5 Å². The molecule has 212 valence electrons. The van der Waals surface area contributed by atoms with Crippen molar-refractivity contribution in [2.75, 3.05) is 13.2 Å². The van der Waals surface area contributed by atoms with Gasteiger partial charge in [-0.2, -0.15) is 13.4 Å². The third-order valence-corrected chi connectivity index (χ3v) is 8.45. The summed E-state index contributed by atoms with van der Waals surface area (Å²) in [7, 11) is -2.73. The highest BCUT2D eigenvalue weighted by atomic mass is 32.2. The molecule has 0 spiro atoms. The van der Waals surface area contributed by atoms with Crippen LogP contribution < -0.4 is 14.5 Å². The Balaban J connectivity index is 1.88. The first-order valence-corrected chi connectivity index (χ1v) is 15.0. The smallest absolute Gasteiger partial charge is 0.341 e. The molecule has 0 amide bonds. The van der Waals surface area contributed by atoms with E-state index in [1.807, 2.05) is 39.8 Å². The second kappa shape index (κ2) is 11.3. The molecule has 1 aliphatic heterocycles. The predicted molar refractivity (Wildman–Crippen MR) is 151 cm³/mol. The van der Waals surface area contributed by atoms with E-state index in [1.54, 1.807) is 20.0 Å². The van der Waals surface area contributed by atoms with E-state index in [9.17, 15) is 13.2 Å². The number of hydrogen-bond acceptors (Lipinski definition) is 8. The Morgan fingerprint density at radius 3 is 2.08 bits per heavy atom. The monoisotopic (exact) mass is 557 g/mol. The van der Waals surface area contributed by atoms with Crippen LogP contribution in [0.15, 0.2) is 27.9 Å². The molecule has 0 aliphatic carbocycles. The first-order chi connectivity index (χ1) is 18.3. The van der Waals surface area contributed by atoms with Crippen LogP contribution in [0.2, 0.25) is 0 Å². The van der Waals surface area contributed by atoms with Gasteiger partial charge in [0.15, 0.2) is 5.88 Å². The van der Waals surface area contributed by atoms with E-state index < -0.39 is 15.7 Å². The highest BCUT2D eigenvalue weighted by Gasteiger charge is 2.30. The van der Waals surface area contributed by atoms with E-state index in [4.69, 9.17) is 13.7 Å². The molecule has 4 rings (SSSR count). The molecule has 0 atom stereocenters. The standard InChI is InChI=1S/C29H39N3O6S/c1-16(2)20-13-22(17(3)4)27(23(14-20)18(5)6)39(34,35)38-28-24-15-25(37-21-9-11-36-12-10-21)32(8)29(33)26(24)30-19(7)31-28/h13-18,21H,9-12H2,1-8H3. The lowest BCUT2D eigenvalue weighted by atomic mass is 9.89. The average Bonchev–Trinajstić information content (AvgIpc) is 2.87. The van der Waals surface area contributed by atoms with E-state index in [2.05, 4.69) is 23.8 Å². The molecule has 0 N–H and O–H groups in total. The van der Waals surface area contributed by atoms with Gasteiger partial charge in [0.25, 0.3) is 5.56 Å². The van der Waals surface area contributed by atoms with Gasteiger partial charge >= 0.3 is 10.1 Å². The molecule has 2 aromatic heterocycles. The second-order valence-electron chi connectivity index (χ2n) is 11.1. The SMILES string of the molecule is Cc1nc(OS(=O)(=O)c2c(C(C)C)cc(C(C)C)cc2C(C)C)c2cc(OC3CCOCC3)n(C)c(=O)c2n1. The Morgan fingerprint density at radius 2 is 1.54 bits per heavy atom. The highest BCUT2D eigenvalue weighted by Crippen LogP contribution is 2.37. The summed E-state index contributed by atoms with van der Waals surface area (Å²) < 4.78 is 46.8. The van der Waals surface area contributed by atoms with Crippen molar-refractivity contribution in [3.05, 3.63) is 51.1 Å². The van der Waals surface area contributed by atoms with Crippen molar-refractivity contribution < 1.29 is 22.1 Å². The molecule has 1 saturated heterocycles. The summed E-state index contributed by atoms with van der Waals surface area (Å²) in [5, 5.41) is 0.185. The maximum Gasteiger partial charge on any atom is 0.341 e. The summed E-state index contributed by atoms with van der Waals surface area (Å²) in [6.45, 7) is 14.8. The molecule has 1 aliphatic rings. The quantitative estimate of drug-likeness (QED) is 0.342. The van der Waals surface area contributed by atoms with Crippen LogP contribution in [0.3, 0.4) is 0 Å². The van der Waals surface area contributed by atoms with E-state index in [0.717, 1.165) is 5.56 Å². The van der Waals surface area contributed by atoms with Gasteiger partial charge in [-0.15, -0.1) is 0 Å². The molecule has 0 saturated carbocycles. The highest BCUT2D eigenvalue weighted by molar-refractivity contribution is 7.87. The molecule has 39 heavy (non-hydrogen) atoms. The Bertz CT molecular complexity index is 1510. The number of benzene rings is 1. The average molecular weight is 558 g/mol. The molecule has 0 unspecified atom stereocenters. The number of rotatable bonds is 8. The molecule has 0 bridgehead atoms. The van der Waals surface area contributed by atoms with E-state index in [0.29, 0.717) is 43.1 Å². The normalized spacial score (nSPS) is 15.1. The first-order valence-electron chi connectivity index (χ1n) is 13.5. The fourth-order valence-corrected chi connectivity index (χ4v) is 6.38. The number of fused-ring (bicyclic) bond motifs is 1. The van der Waals surface area contributed by atoms with Crippen LogP contribution >= 0.6 is 0 Å². The summed E-state index contributed by atoms with van der Waals surface area (Å²) in [6.07, 6.45) is 1.26. The zero-order valence-electron chi connectivity index (χ0n) is 24.1. The second-order valence-corrected chi connectivity index (χ2v) is 12.6. The Hall–Kier alpha value is -2.98. The third-order valence-electron chi connectivity index (χ3n) is 7.10. The Labute approximate surface area is 230 Å². The number of ether oxygens (including phenoxy) is 2. The minimum absolute atomic E-state index is 0.0646. The summed E-state index contributed by atoms with van der Waals surface area (Å²) in [5.74, 6) is 0.434. The summed E-state index contributed by atoms with van der Waals surface area (Å²) >= 11 is 0. The summed E-state index contributed by atoms with van der Waals surface area (Å²) in [4.78, 5) is 22.1. The van der Waals surface area contributed by atoms with Gasteiger partial charge in [0, 0.05) is 26.0 Å². The number of aromatic nitrogens is 3. The third kappa shape index (κ3) is 5.96. The molecule has 0 radical (unpaired) electrons. The molecular weight excluding hydrogens is 518 g/mol. The molecule has 1 fully saturated rings. The van der Waals surface area contributed by atoms with Crippen LogP contribution in [0.5, 0.6) is 11.8 Å². The van der Waals surface area contributed by atoms with Gasteiger partial charge in [-0.3, -0.25) is 9.36 Å². The Morgan fingerprint density at radius 1 is 0.949 bits per heavy atom. The maximum absolute atomic E-state index is 14.0. The van der Waals surface area contributed by atoms with Gasteiger partial charge < -0.3 is 13.7 Å². The topological polar surface area (TPSA) is 110 Å². The van der Waals surface area contributed by atoms with Gasteiger partial charge in [0.05, 0.1) is 18.6 Å². The number of aryl methyl sites for hydroxylation is 1. The number of hydrogen-bond donors (Lipinski definition) is 0. The van der Waals surface area contributed by atoms with Gasteiger partial charge in [0.2, 0.25) is 5.88 Å². The van der Waals surface area contributed by atoms with Gasteiger partial charge in [0.1, 0.15) is 22.3 Å². The van der Waals surface area contributed by atoms with Crippen LogP contribution in [-0.4, -0.2) is 42.3 Å². The summed E-state index contributed by atoms with van der Waals surface area (Å²) in [6, 6.07) is 5.50. The van der Waals surface area contributed by atoms with Crippen molar-refractivity contribution in [2.45, 2.75) is 90.1 Å². The largest absolute Gasteiger partial charge is 0.475 e. The predicted octanol–water partition coefficient (Wildman–Crippen LogP) is 5.33. The van der Waals surface area contributed by atoms with E-state index in [1.165, 1.54) is 4.57 Å². The fraction of sp³-hybridized carbons (Fsp3) is 0.552. The van der Waals surface area contributed by atoms with Crippen LogP contribution in [0, 0.1) is 6.92 Å². The van der Waals surface area contributed by atoms with Gasteiger partial charge in [-0.05, 0) is 41.4 Å². The van der Waals surface area contributed by atoms with Gasteiger partial charge in [-0.25, -0.2) is 4.98 Å². The van der Waals surface area contributed by atoms with Crippen LogP contribution in [0.1, 0.15) is 94.7 Å². The van der Waals surface area contributed by atoms with Crippen molar-refractivity contribution in [3.8, 4) is 11.8 Å². The first kappa shape index (κ1) is 29.0. The molecule has 3 heterocycles. The van der Waals surface area contributed by atoms with Crippen LogP contribution in [-0.2, 0) is 21.9 Å². The number of nitrogens with zero attached hydrogens (tertiary/aromatic N) is 3. The lowest BCUT2D eigenvalue weighted by molar-refractivity contribution is 0.0222. The molecule has 1 aromatic carbocycles. The van der Waals surface area contributed by atoms with Crippen molar-refractivity contribution >= 4 is 21.0 Å². The van der Waals surface area contributed by atoms with E-state index in [-0.39, 0.29) is 51.4 Å². The number of pyridine rings is 1. The Kier molecular flexibility index (Phi) is 8.37. The van der Waals surface area contributed by atoms with Crippen LogP contribution in [0.4, 0.5) is 0 Å². The zero-order chi connectivity index (χ0) is 28.6.